The second-order valence-corrected chi connectivity index (χ2v) is 10.2. The summed E-state index contributed by atoms with van der Waals surface area (Å²) < 4.78 is 12.8. The quantitative estimate of drug-likeness (QED) is 0.570. The van der Waals surface area contributed by atoms with Crippen molar-refractivity contribution in [3.05, 3.63) is 21.4 Å². The molecule has 0 amide bonds. The summed E-state index contributed by atoms with van der Waals surface area (Å²) in [5.41, 5.74) is 3.17. The molecule has 1 saturated heterocycles. The zero-order valence-electron chi connectivity index (χ0n) is 18.1. The molecule has 0 aromatic carbocycles. The fourth-order valence-electron chi connectivity index (χ4n) is 4.49. The van der Waals surface area contributed by atoms with Gasteiger partial charge in [-0.05, 0) is 89.6 Å². The first-order valence-electron chi connectivity index (χ1n) is 10.3. The Morgan fingerprint density at radius 3 is 2.39 bits per heavy atom. The van der Waals surface area contributed by atoms with E-state index in [0.717, 1.165) is 39.6 Å². The summed E-state index contributed by atoms with van der Waals surface area (Å²) in [5.74, 6) is 0.388. The molecule has 156 valence electrons. The van der Waals surface area contributed by atoms with Gasteiger partial charge in [0.1, 0.15) is 0 Å². The summed E-state index contributed by atoms with van der Waals surface area (Å²) in [6, 6.07) is 0.526. The van der Waals surface area contributed by atoms with Crippen molar-refractivity contribution in [3.8, 4) is 0 Å². The van der Waals surface area contributed by atoms with E-state index < -0.39 is 11.7 Å². The summed E-state index contributed by atoms with van der Waals surface area (Å²) in [5, 5.41) is 0. The molecule has 0 radical (unpaired) electrons. The third-order valence-electron chi connectivity index (χ3n) is 5.50. The van der Waals surface area contributed by atoms with Crippen molar-refractivity contribution in [1.82, 2.24) is 4.98 Å². The van der Waals surface area contributed by atoms with Crippen LogP contribution in [0.3, 0.4) is 0 Å². The lowest BCUT2D eigenvalue weighted by molar-refractivity contribution is -0.171. The molecule has 0 N–H and O–H groups in total. The molecular weight excluding hydrogens is 420 g/mol. The fourth-order valence-corrected chi connectivity index (χ4v) is 5.02. The molecule has 3 atom stereocenters. The Morgan fingerprint density at radius 2 is 1.89 bits per heavy atom. The van der Waals surface area contributed by atoms with E-state index in [1.165, 1.54) is 19.3 Å². The highest BCUT2D eigenvalue weighted by atomic mass is 79.9. The first-order valence-corrected chi connectivity index (χ1v) is 11.1. The molecule has 0 spiro atoms. The number of hydrogen-bond donors (Lipinski definition) is 0. The summed E-state index contributed by atoms with van der Waals surface area (Å²) in [6.07, 6.45) is 2.73. The summed E-state index contributed by atoms with van der Waals surface area (Å²) in [4.78, 5) is 20.3. The van der Waals surface area contributed by atoms with Crippen LogP contribution in [0.1, 0.15) is 76.9 Å². The van der Waals surface area contributed by atoms with E-state index in [-0.39, 0.29) is 12.1 Å². The lowest BCUT2D eigenvalue weighted by Crippen LogP contribution is -2.36. The van der Waals surface area contributed by atoms with Crippen LogP contribution in [0.25, 0.3) is 0 Å². The number of esters is 1. The number of anilines is 1. The van der Waals surface area contributed by atoms with Gasteiger partial charge in [-0.3, -0.25) is 4.98 Å². The SMILES string of the molecule is Cc1nc(C)c([C@H](OC(C)(C)C)C(=O)OC(C)C)c(N2CC3CCC2C3)c1Br. The maximum absolute atomic E-state index is 13.1. The van der Waals surface area contributed by atoms with Crippen LogP contribution >= 0.6 is 15.9 Å². The average molecular weight is 453 g/mol. The van der Waals surface area contributed by atoms with Crippen LogP contribution in [-0.2, 0) is 14.3 Å². The molecule has 6 heteroatoms. The number of nitrogens with zero attached hydrogens (tertiary/aromatic N) is 2. The monoisotopic (exact) mass is 452 g/mol. The van der Waals surface area contributed by atoms with Gasteiger partial charge in [-0.25, -0.2) is 4.79 Å². The average Bonchev–Trinajstić information content (AvgIpc) is 3.17. The van der Waals surface area contributed by atoms with Crippen LogP contribution in [0, 0.1) is 19.8 Å². The lowest BCUT2D eigenvalue weighted by atomic mass is 10.00. The normalized spacial score (nSPS) is 22.8. The number of rotatable bonds is 5. The van der Waals surface area contributed by atoms with Crippen LogP contribution in [0.4, 0.5) is 5.69 Å². The van der Waals surface area contributed by atoms with Gasteiger partial charge in [-0.1, -0.05) is 0 Å². The Morgan fingerprint density at radius 1 is 1.21 bits per heavy atom. The molecule has 1 aromatic heterocycles. The molecule has 1 saturated carbocycles. The van der Waals surface area contributed by atoms with Gasteiger partial charge in [-0.2, -0.15) is 0 Å². The largest absolute Gasteiger partial charge is 0.461 e. The highest BCUT2D eigenvalue weighted by molar-refractivity contribution is 9.10. The topological polar surface area (TPSA) is 51.7 Å². The number of aromatic nitrogens is 1. The van der Waals surface area contributed by atoms with Crippen LogP contribution < -0.4 is 4.90 Å². The second kappa shape index (κ2) is 7.94. The van der Waals surface area contributed by atoms with E-state index in [1.807, 2.05) is 48.5 Å². The van der Waals surface area contributed by atoms with E-state index in [0.29, 0.717) is 6.04 Å². The molecule has 3 rings (SSSR count). The molecule has 2 aliphatic rings. The van der Waals surface area contributed by atoms with Gasteiger partial charge in [0.15, 0.2) is 6.10 Å². The van der Waals surface area contributed by atoms with Gasteiger partial charge >= 0.3 is 5.97 Å². The van der Waals surface area contributed by atoms with Crippen molar-refractivity contribution in [2.45, 2.75) is 91.6 Å². The van der Waals surface area contributed by atoms with Crippen LogP contribution in [0.5, 0.6) is 0 Å². The molecule has 2 bridgehead atoms. The predicted octanol–water partition coefficient (Wildman–Crippen LogP) is 5.26. The minimum atomic E-state index is -0.805. The first-order chi connectivity index (χ1) is 13.0. The number of carbonyl (C=O) groups is 1. The number of hydrogen-bond acceptors (Lipinski definition) is 5. The molecular formula is C22H33BrN2O3. The Kier molecular flexibility index (Phi) is 6.12. The third kappa shape index (κ3) is 4.38. The number of pyridine rings is 1. The first kappa shape index (κ1) is 21.6. The molecule has 28 heavy (non-hydrogen) atoms. The Bertz CT molecular complexity index is 757. The molecule has 1 aliphatic carbocycles. The van der Waals surface area contributed by atoms with E-state index in [4.69, 9.17) is 14.5 Å². The smallest absolute Gasteiger partial charge is 0.340 e. The van der Waals surface area contributed by atoms with Crippen molar-refractivity contribution in [2.75, 3.05) is 11.4 Å². The van der Waals surface area contributed by atoms with E-state index in [9.17, 15) is 4.79 Å². The Labute approximate surface area is 177 Å². The zero-order valence-corrected chi connectivity index (χ0v) is 19.7. The Balaban J connectivity index is 2.13. The van der Waals surface area contributed by atoms with Gasteiger partial charge in [0.05, 0.1) is 27.6 Å². The lowest BCUT2D eigenvalue weighted by Gasteiger charge is -2.36. The van der Waals surface area contributed by atoms with Gasteiger partial charge in [0.2, 0.25) is 0 Å². The van der Waals surface area contributed by atoms with E-state index >= 15 is 0 Å². The minimum Gasteiger partial charge on any atom is -0.461 e. The highest BCUT2D eigenvalue weighted by Gasteiger charge is 2.42. The van der Waals surface area contributed by atoms with Crippen molar-refractivity contribution >= 4 is 27.6 Å². The third-order valence-corrected chi connectivity index (χ3v) is 6.45. The molecule has 2 heterocycles. The molecule has 5 nitrogen and oxygen atoms in total. The molecule has 2 unspecified atom stereocenters. The number of halogens is 1. The molecule has 1 aliphatic heterocycles. The van der Waals surface area contributed by atoms with Gasteiger partial charge < -0.3 is 14.4 Å². The van der Waals surface area contributed by atoms with Crippen molar-refractivity contribution in [2.24, 2.45) is 5.92 Å². The van der Waals surface area contributed by atoms with E-state index in [2.05, 4.69) is 20.8 Å². The van der Waals surface area contributed by atoms with E-state index in [1.54, 1.807) is 0 Å². The Hall–Kier alpha value is -1.14. The molecule has 1 aromatic rings. The summed E-state index contributed by atoms with van der Waals surface area (Å²) in [6.45, 7) is 14.6. The summed E-state index contributed by atoms with van der Waals surface area (Å²) in [7, 11) is 0. The predicted molar refractivity (Wildman–Crippen MR) is 115 cm³/mol. The van der Waals surface area contributed by atoms with Gasteiger partial charge in [0.25, 0.3) is 0 Å². The highest BCUT2D eigenvalue weighted by Crippen LogP contribution is 2.47. The maximum Gasteiger partial charge on any atom is 0.340 e. The summed E-state index contributed by atoms with van der Waals surface area (Å²) >= 11 is 3.78. The molecule has 2 fully saturated rings. The maximum atomic E-state index is 13.1. The van der Waals surface area contributed by atoms with Gasteiger partial charge in [-0.15, -0.1) is 0 Å². The van der Waals surface area contributed by atoms with Crippen molar-refractivity contribution in [1.29, 1.82) is 0 Å². The van der Waals surface area contributed by atoms with Crippen LogP contribution in [0.2, 0.25) is 0 Å². The van der Waals surface area contributed by atoms with Gasteiger partial charge in [0, 0.05) is 23.8 Å². The number of carbonyl (C=O) groups excluding carboxylic acids is 1. The standard InChI is InChI=1S/C22H33BrN2O3/c1-12(2)27-21(26)20(28-22(5,6)7)17-13(3)24-14(4)18(23)19(17)25-11-15-8-9-16(25)10-15/h12,15-16,20H,8-11H2,1-7H3/t15?,16?,20-/m0/s1. The second-order valence-electron chi connectivity index (χ2n) is 9.44. The number of aryl methyl sites for hydroxylation is 2. The fraction of sp³-hybridized carbons (Fsp3) is 0.727. The van der Waals surface area contributed by atoms with Crippen molar-refractivity contribution in [3.63, 3.8) is 0 Å². The number of fused-ring (bicyclic) bond motifs is 2. The zero-order chi connectivity index (χ0) is 20.8. The minimum absolute atomic E-state index is 0.202. The number of piperidine rings is 1. The van der Waals surface area contributed by atoms with Crippen LogP contribution in [-0.4, -0.2) is 35.2 Å². The number of ether oxygens (including phenoxy) is 2. The van der Waals surface area contributed by atoms with Crippen molar-refractivity contribution < 1.29 is 14.3 Å². The van der Waals surface area contributed by atoms with Crippen LogP contribution in [0.15, 0.2) is 4.47 Å².